The molecule has 0 saturated heterocycles. The summed E-state index contributed by atoms with van der Waals surface area (Å²) in [4.78, 5) is 35.4. The fraction of sp³-hybridized carbons (Fsp3) is 0.158. The van der Waals surface area contributed by atoms with Crippen LogP contribution in [-0.4, -0.2) is 25.5 Å². The van der Waals surface area contributed by atoms with Crippen LogP contribution in [0, 0.1) is 41.0 Å². The molecule has 1 aromatic heterocycles. The van der Waals surface area contributed by atoms with Crippen molar-refractivity contribution in [2.24, 2.45) is 0 Å². The number of nitro groups is 2. The van der Waals surface area contributed by atoms with Crippen molar-refractivity contribution in [3.05, 3.63) is 85.2 Å². The zero-order chi connectivity index (χ0) is 21.3. The Hall–Kier alpha value is -3.53. The van der Waals surface area contributed by atoms with Crippen molar-refractivity contribution >= 4 is 29.0 Å². The predicted molar refractivity (Wildman–Crippen MR) is 106 cm³/mol. The molecule has 0 spiro atoms. The van der Waals surface area contributed by atoms with Crippen LogP contribution in [-0.2, 0) is 0 Å². The second kappa shape index (κ2) is 7.84. The first-order valence-corrected chi connectivity index (χ1v) is 9.29. The molecule has 0 amide bonds. The summed E-state index contributed by atoms with van der Waals surface area (Å²) in [5.41, 5.74) is 0.899. The Labute approximate surface area is 169 Å². The van der Waals surface area contributed by atoms with Crippen LogP contribution in [0.2, 0.25) is 0 Å². The second-order valence-electron chi connectivity index (χ2n) is 6.35. The Kier molecular flexibility index (Phi) is 5.46. The van der Waals surface area contributed by atoms with E-state index >= 15 is 0 Å². The average Bonchev–Trinajstić information content (AvgIpc) is 2.96. The molecule has 0 N–H and O–H groups in total. The number of aryl methyl sites for hydroxylation is 2. The van der Waals surface area contributed by atoms with E-state index in [1.165, 1.54) is 11.8 Å². The van der Waals surface area contributed by atoms with Crippen molar-refractivity contribution in [2.75, 3.05) is 0 Å². The van der Waals surface area contributed by atoms with E-state index in [-0.39, 0.29) is 5.56 Å². The van der Waals surface area contributed by atoms with E-state index in [1.54, 1.807) is 13.8 Å². The third-order valence-electron chi connectivity index (χ3n) is 4.28. The topological polar surface area (TPSA) is 121 Å². The van der Waals surface area contributed by atoms with E-state index in [1.807, 2.05) is 31.2 Å². The summed E-state index contributed by atoms with van der Waals surface area (Å²) in [6.07, 6.45) is 0. The van der Waals surface area contributed by atoms with Crippen molar-refractivity contribution in [1.29, 1.82) is 0 Å². The highest BCUT2D eigenvalue weighted by Gasteiger charge is 2.27. The molecule has 3 rings (SSSR count). The lowest BCUT2D eigenvalue weighted by molar-refractivity contribution is -0.394. The Morgan fingerprint density at radius 2 is 1.66 bits per heavy atom. The van der Waals surface area contributed by atoms with Gasteiger partial charge in [-0.1, -0.05) is 29.5 Å². The molecule has 0 aliphatic carbocycles. The van der Waals surface area contributed by atoms with Crippen LogP contribution in [0.15, 0.2) is 52.3 Å². The van der Waals surface area contributed by atoms with Gasteiger partial charge in [-0.05, 0) is 39.0 Å². The maximum absolute atomic E-state index is 13.0. The molecule has 0 fully saturated rings. The summed E-state index contributed by atoms with van der Waals surface area (Å²) < 4.78 is 1.10. The van der Waals surface area contributed by atoms with Gasteiger partial charge in [-0.25, -0.2) is 0 Å². The van der Waals surface area contributed by atoms with Crippen molar-refractivity contribution in [3.63, 3.8) is 0 Å². The highest BCUT2D eigenvalue weighted by Crippen LogP contribution is 2.34. The molecule has 0 atom stereocenters. The zero-order valence-electron chi connectivity index (χ0n) is 15.8. The largest absolute Gasteiger partial charge is 0.289 e. The average molecular weight is 412 g/mol. The van der Waals surface area contributed by atoms with Gasteiger partial charge in [0.05, 0.1) is 32.2 Å². The zero-order valence-corrected chi connectivity index (χ0v) is 16.6. The summed E-state index contributed by atoms with van der Waals surface area (Å²) in [6.45, 7) is 5.43. The fourth-order valence-corrected chi connectivity index (χ4v) is 3.71. The van der Waals surface area contributed by atoms with Gasteiger partial charge < -0.3 is 0 Å². The van der Waals surface area contributed by atoms with Crippen LogP contribution < -0.4 is 0 Å². The number of non-ortho nitro benzene ring substituents is 1. The summed E-state index contributed by atoms with van der Waals surface area (Å²) >= 11 is 1.44. The normalized spacial score (nSPS) is 10.7. The number of hydrogen-bond acceptors (Lipinski definition) is 7. The van der Waals surface area contributed by atoms with Crippen molar-refractivity contribution in [3.8, 4) is 0 Å². The number of rotatable bonds is 5. The van der Waals surface area contributed by atoms with E-state index in [4.69, 9.17) is 0 Å². The second-order valence-corrected chi connectivity index (χ2v) is 7.43. The molecule has 3 aromatic rings. The van der Waals surface area contributed by atoms with Crippen LogP contribution in [0.1, 0.15) is 27.3 Å². The molecule has 29 heavy (non-hydrogen) atoms. The number of carbonyl (C=O) groups excluding carboxylic acids is 1. The van der Waals surface area contributed by atoms with E-state index < -0.39 is 27.1 Å². The predicted octanol–water partition coefficient (Wildman–Crippen LogP) is 4.46. The minimum absolute atomic E-state index is 0.266. The molecule has 0 unspecified atom stereocenters. The van der Waals surface area contributed by atoms with E-state index in [0.29, 0.717) is 11.4 Å². The van der Waals surface area contributed by atoms with Crippen LogP contribution in [0.3, 0.4) is 0 Å². The van der Waals surface area contributed by atoms with Gasteiger partial charge >= 0.3 is 0 Å². The first-order chi connectivity index (χ1) is 13.7. The van der Waals surface area contributed by atoms with Gasteiger partial charge in [0.2, 0.25) is 0 Å². The summed E-state index contributed by atoms with van der Waals surface area (Å²) in [6, 6.07) is 10.8. The van der Waals surface area contributed by atoms with Gasteiger partial charge in [-0.3, -0.25) is 25.0 Å². The molecule has 10 heteroatoms. The van der Waals surface area contributed by atoms with E-state index in [0.717, 1.165) is 38.2 Å². The first-order valence-electron chi connectivity index (χ1n) is 8.47. The van der Waals surface area contributed by atoms with Gasteiger partial charge in [0.25, 0.3) is 17.3 Å². The van der Waals surface area contributed by atoms with Crippen LogP contribution in [0.25, 0.3) is 0 Å². The van der Waals surface area contributed by atoms with Gasteiger partial charge in [-0.15, -0.1) is 0 Å². The number of nitro benzene ring substituents is 2. The molecule has 9 nitrogen and oxygen atoms in total. The number of aromatic nitrogens is 2. The standard InChI is InChI=1S/C19H16N4O5S/c1-11-4-7-15(8-5-11)29-18-12(2)20-21(13(18)3)19(24)16-9-6-14(22(25)26)10-17(16)23(27)28/h4-10H,1-3H3. The van der Waals surface area contributed by atoms with Crippen molar-refractivity contribution < 1.29 is 14.6 Å². The number of nitrogens with zero attached hydrogens (tertiary/aromatic N) is 4. The smallest absolute Gasteiger partial charge is 0.266 e. The highest BCUT2D eigenvalue weighted by atomic mass is 32.2. The monoisotopic (exact) mass is 412 g/mol. The molecule has 0 saturated carbocycles. The summed E-state index contributed by atoms with van der Waals surface area (Å²) in [7, 11) is 0. The lowest BCUT2D eigenvalue weighted by Gasteiger charge is -2.06. The molecule has 148 valence electrons. The maximum atomic E-state index is 13.0. The molecule has 0 aliphatic heterocycles. The Morgan fingerprint density at radius 3 is 2.24 bits per heavy atom. The maximum Gasteiger partial charge on any atom is 0.289 e. The van der Waals surface area contributed by atoms with Gasteiger partial charge in [0.15, 0.2) is 0 Å². The molecule has 2 aromatic carbocycles. The molecular weight excluding hydrogens is 396 g/mol. The minimum Gasteiger partial charge on any atom is -0.266 e. The molecular formula is C19H16N4O5S. The van der Waals surface area contributed by atoms with Gasteiger partial charge in [0, 0.05) is 11.0 Å². The van der Waals surface area contributed by atoms with E-state index in [2.05, 4.69) is 5.10 Å². The molecule has 0 radical (unpaired) electrons. The van der Waals surface area contributed by atoms with Crippen LogP contribution in [0.5, 0.6) is 0 Å². The van der Waals surface area contributed by atoms with Crippen LogP contribution >= 0.6 is 11.8 Å². The van der Waals surface area contributed by atoms with Crippen molar-refractivity contribution in [2.45, 2.75) is 30.6 Å². The van der Waals surface area contributed by atoms with E-state index in [9.17, 15) is 25.0 Å². The Morgan fingerprint density at radius 1 is 1.00 bits per heavy atom. The molecule has 0 aliphatic rings. The number of carbonyl (C=O) groups is 1. The SMILES string of the molecule is Cc1ccc(Sc2c(C)nn(C(=O)c3ccc([N+](=O)[O-])cc3[N+](=O)[O-])c2C)cc1. The highest BCUT2D eigenvalue weighted by molar-refractivity contribution is 7.99. The third kappa shape index (κ3) is 4.02. The lowest BCUT2D eigenvalue weighted by Crippen LogP contribution is -2.17. The third-order valence-corrected chi connectivity index (χ3v) is 5.58. The van der Waals surface area contributed by atoms with Crippen LogP contribution in [0.4, 0.5) is 11.4 Å². The summed E-state index contributed by atoms with van der Waals surface area (Å²) in [5.74, 6) is -0.719. The molecule has 1 heterocycles. The van der Waals surface area contributed by atoms with Gasteiger partial charge in [0.1, 0.15) is 5.56 Å². The quantitative estimate of drug-likeness (QED) is 0.448. The van der Waals surface area contributed by atoms with Crippen molar-refractivity contribution in [1.82, 2.24) is 9.78 Å². The van der Waals surface area contributed by atoms with Gasteiger partial charge in [-0.2, -0.15) is 9.78 Å². The lowest BCUT2D eigenvalue weighted by atomic mass is 10.1. The Balaban J connectivity index is 2.01. The minimum atomic E-state index is -0.812. The summed E-state index contributed by atoms with van der Waals surface area (Å²) in [5, 5.41) is 26.5. The molecule has 0 bridgehead atoms. The first kappa shape index (κ1) is 20.2. The Bertz CT molecular complexity index is 1140. The number of benzene rings is 2. The number of hydrogen-bond donors (Lipinski definition) is 0. The fourth-order valence-electron chi connectivity index (χ4n) is 2.78.